The normalized spacial score (nSPS) is 14.6. The van der Waals surface area contributed by atoms with Gasteiger partial charge in [-0.15, -0.1) is 0 Å². The van der Waals surface area contributed by atoms with E-state index >= 15 is 0 Å². The first-order chi connectivity index (χ1) is 14.1. The summed E-state index contributed by atoms with van der Waals surface area (Å²) in [6.07, 6.45) is 3.25. The fourth-order valence-corrected chi connectivity index (χ4v) is 3.81. The summed E-state index contributed by atoms with van der Waals surface area (Å²) >= 11 is 3.41. The number of aromatic nitrogens is 2. The van der Waals surface area contributed by atoms with E-state index in [9.17, 15) is 4.79 Å². The molecule has 0 radical (unpaired) electrons. The zero-order valence-corrected chi connectivity index (χ0v) is 17.9. The van der Waals surface area contributed by atoms with Crippen molar-refractivity contribution in [2.24, 2.45) is 5.92 Å². The minimum Gasteiger partial charge on any atom is -0.356 e. The molecule has 3 aromatic rings. The Kier molecular flexibility index (Phi) is 5.90. The van der Waals surface area contributed by atoms with Crippen LogP contribution in [0.3, 0.4) is 0 Å². The lowest BCUT2D eigenvalue weighted by molar-refractivity contribution is -0.120. The average molecular weight is 451 g/mol. The van der Waals surface area contributed by atoms with E-state index in [1.165, 1.54) is 5.56 Å². The molecule has 148 valence electrons. The van der Waals surface area contributed by atoms with Crippen molar-refractivity contribution < 1.29 is 4.79 Å². The number of benzene rings is 2. The van der Waals surface area contributed by atoms with Crippen LogP contribution in [0, 0.1) is 12.8 Å². The van der Waals surface area contributed by atoms with Crippen molar-refractivity contribution in [2.45, 2.75) is 19.8 Å². The Morgan fingerprint density at radius 1 is 1.03 bits per heavy atom. The number of halogens is 1. The van der Waals surface area contributed by atoms with Gasteiger partial charge in [-0.05, 0) is 44.0 Å². The van der Waals surface area contributed by atoms with E-state index < -0.39 is 0 Å². The maximum atomic E-state index is 12.6. The fraction of sp³-hybridized carbons (Fsp3) is 0.261. The summed E-state index contributed by atoms with van der Waals surface area (Å²) in [6, 6.07) is 18.1. The molecule has 1 aromatic heterocycles. The highest BCUT2D eigenvalue weighted by Gasteiger charge is 2.26. The summed E-state index contributed by atoms with van der Waals surface area (Å²) in [5.41, 5.74) is 4.07. The van der Waals surface area contributed by atoms with Crippen LogP contribution in [0.1, 0.15) is 18.4 Å². The van der Waals surface area contributed by atoms with E-state index in [-0.39, 0.29) is 11.8 Å². The molecule has 1 aliphatic rings. The Morgan fingerprint density at radius 2 is 1.72 bits per heavy atom. The average Bonchev–Trinajstić information content (AvgIpc) is 2.76. The Hall–Kier alpha value is -2.73. The van der Waals surface area contributed by atoms with Gasteiger partial charge >= 0.3 is 0 Å². The number of nitrogens with zero attached hydrogens (tertiary/aromatic N) is 3. The monoisotopic (exact) mass is 450 g/mol. The van der Waals surface area contributed by atoms with Gasteiger partial charge in [-0.25, -0.2) is 9.97 Å². The molecule has 0 unspecified atom stereocenters. The molecule has 0 bridgehead atoms. The Bertz CT molecular complexity index is 981. The first-order valence-corrected chi connectivity index (χ1v) is 10.6. The quantitative estimate of drug-likeness (QED) is 0.602. The van der Waals surface area contributed by atoms with Gasteiger partial charge in [0, 0.05) is 40.8 Å². The van der Waals surface area contributed by atoms with Gasteiger partial charge in [0.1, 0.15) is 12.1 Å². The lowest BCUT2D eigenvalue weighted by atomic mass is 9.95. The maximum Gasteiger partial charge on any atom is 0.227 e. The van der Waals surface area contributed by atoms with Crippen LogP contribution >= 0.6 is 15.9 Å². The molecular weight excluding hydrogens is 428 g/mol. The predicted molar refractivity (Wildman–Crippen MR) is 120 cm³/mol. The van der Waals surface area contributed by atoms with Gasteiger partial charge in [0.05, 0.1) is 5.69 Å². The van der Waals surface area contributed by atoms with E-state index in [2.05, 4.69) is 67.3 Å². The summed E-state index contributed by atoms with van der Waals surface area (Å²) in [4.78, 5) is 23.7. The van der Waals surface area contributed by atoms with E-state index in [1.807, 2.05) is 30.3 Å². The Balaban J connectivity index is 1.38. The number of hydrogen-bond acceptors (Lipinski definition) is 4. The van der Waals surface area contributed by atoms with Crippen molar-refractivity contribution in [2.75, 3.05) is 23.3 Å². The first kappa shape index (κ1) is 19.6. The van der Waals surface area contributed by atoms with Crippen molar-refractivity contribution in [3.05, 3.63) is 71.0 Å². The lowest BCUT2D eigenvalue weighted by Crippen LogP contribution is -2.38. The van der Waals surface area contributed by atoms with Gasteiger partial charge in [-0.3, -0.25) is 4.79 Å². The van der Waals surface area contributed by atoms with E-state index in [1.54, 1.807) is 6.33 Å². The summed E-state index contributed by atoms with van der Waals surface area (Å²) in [5.74, 6) is 1.03. The number of carbonyl (C=O) groups excluding carboxylic acids is 1. The van der Waals surface area contributed by atoms with Crippen LogP contribution in [0.5, 0.6) is 0 Å². The topological polar surface area (TPSA) is 58.1 Å². The first-order valence-electron chi connectivity index (χ1n) is 9.79. The highest BCUT2D eigenvalue weighted by molar-refractivity contribution is 9.10. The minimum absolute atomic E-state index is 0.0216. The molecule has 29 heavy (non-hydrogen) atoms. The second-order valence-electron chi connectivity index (χ2n) is 7.38. The summed E-state index contributed by atoms with van der Waals surface area (Å²) in [7, 11) is 0. The molecular formula is C23H23BrN4O. The van der Waals surface area contributed by atoms with Gasteiger partial charge < -0.3 is 10.2 Å². The molecule has 5 nitrogen and oxygen atoms in total. The predicted octanol–water partition coefficient (Wildman–Crippen LogP) is 5.07. The molecule has 0 spiro atoms. The highest BCUT2D eigenvalue weighted by Crippen LogP contribution is 2.26. The van der Waals surface area contributed by atoms with Gasteiger partial charge in [0.2, 0.25) is 5.91 Å². The summed E-state index contributed by atoms with van der Waals surface area (Å²) in [6.45, 7) is 3.69. The third-order valence-corrected chi connectivity index (χ3v) is 5.83. The van der Waals surface area contributed by atoms with Crippen molar-refractivity contribution in [1.82, 2.24) is 9.97 Å². The molecule has 1 N–H and O–H groups in total. The fourth-order valence-electron chi connectivity index (χ4n) is 3.55. The van der Waals surface area contributed by atoms with Crippen LogP contribution in [-0.2, 0) is 4.79 Å². The number of piperidine rings is 1. The van der Waals surface area contributed by atoms with Crippen LogP contribution in [0.2, 0.25) is 0 Å². The molecule has 6 heteroatoms. The molecule has 0 saturated carbocycles. The molecule has 1 amide bonds. The summed E-state index contributed by atoms with van der Waals surface area (Å²) < 4.78 is 0.999. The van der Waals surface area contributed by atoms with Gasteiger partial charge in [-0.2, -0.15) is 0 Å². The van der Waals surface area contributed by atoms with E-state index in [0.29, 0.717) is 0 Å². The zero-order valence-electron chi connectivity index (χ0n) is 16.3. The van der Waals surface area contributed by atoms with Crippen LogP contribution < -0.4 is 10.2 Å². The van der Waals surface area contributed by atoms with Gasteiger partial charge in [0.15, 0.2) is 0 Å². The Morgan fingerprint density at radius 3 is 2.41 bits per heavy atom. The number of rotatable bonds is 4. The number of aryl methyl sites for hydroxylation is 1. The molecule has 1 saturated heterocycles. The number of amides is 1. The largest absolute Gasteiger partial charge is 0.356 e. The molecule has 1 aliphatic heterocycles. The number of nitrogens with one attached hydrogen (secondary N) is 1. The molecule has 2 heterocycles. The second kappa shape index (κ2) is 8.74. The minimum atomic E-state index is 0.0216. The molecule has 0 aliphatic carbocycles. The number of carbonyl (C=O) groups is 1. The molecule has 4 rings (SSSR count). The lowest BCUT2D eigenvalue weighted by Gasteiger charge is -2.32. The second-order valence-corrected chi connectivity index (χ2v) is 8.30. The number of anilines is 2. The zero-order chi connectivity index (χ0) is 20.2. The maximum absolute atomic E-state index is 12.6. The van der Waals surface area contributed by atoms with Crippen molar-refractivity contribution in [1.29, 1.82) is 0 Å². The molecule has 1 fully saturated rings. The third kappa shape index (κ3) is 4.82. The smallest absolute Gasteiger partial charge is 0.227 e. The number of hydrogen-bond donors (Lipinski definition) is 1. The molecule has 0 atom stereocenters. The van der Waals surface area contributed by atoms with Crippen molar-refractivity contribution in [3.63, 3.8) is 0 Å². The van der Waals surface area contributed by atoms with Crippen molar-refractivity contribution >= 4 is 33.3 Å². The van der Waals surface area contributed by atoms with Crippen LogP contribution in [-0.4, -0.2) is 29.0 Å². The van der Waals surface area contributed by atoms with Crippen LogP contribution in [0.25, 0.3) is 11.3 Å². The van der Waals surface area contributed by atoms with Crippen molar-refractivity contribution in [3.8, 4) is 11.3 Å². The SMILES string of the molecule is Cc1ccc(-c2cc(N3CCC(C(=O)Nc4ccc(Br)cc4)CC3)ncn2)cc1. The van der Waals surface area contributed by atoms with E-state index in [4.69, 9.17) is 0 Å². The Labute approximate surface area is 179 Å². The van der Waals surface area contributed by atoms with Crippen LogP contribution in [0.15, 0.2) is 65.4 Å². The standard InChI is InChI=1S/C23H23BrN4O/c1-16-2-4-17(5-3-16)21-14-22(26-15-25-21)28-12-10-18(11-13-28)23(29)27-20-8-6-19(24)7-9-20/h2-9,14-15,18H,10-13H2,1H3,(H,27,29). The van der Waals surface area contributed by atoms with E-state index in [0.717, 1.165) is 53.2 Å². The third-order valence-electron chi connectivity index (χ3n) is 5.30. The molecule has 2 aromatic carbocycles. The highest BCUT2D eigenvalue weighted by atomic mass is 79.9. The van der Waals surface area contributed by atoms with Crippen LogP contribution in [0.4, 0.5) is 11.5 Å². The van der Waals surface area contributed by atoms with Gasteiger partial charge in [-0.1, -0.05) is 45.8 Å². The summed E-state index contributed by atoms with van der Waals surface area (Å²) in [5, 5.41) is 3.02. The van der Waals surface area contributed by atoms with Gasteiger partial charge in [0.25, 0.3) is 0 Å².